The van der Waals surface area contributed by atoms with Crippen LogP contribution in [0.15, 0.2) is 212 Å². The molecule has 0 amide bonds. The Morgan fingerprint density at radius 2 is 0.814 bits per heavy atom. The summed E-state index contributed by atoms with van der Waals surface area (Å²) in [6.45, 7) is 0.0496. The van der Waals surface area contributed by atoms with E-state index in [9.17, 15) is 0 Å². The summed E-state index contributed by atoms with van der Waals surface area (Å²) in [4.78, 5) is 7.63. The average Bonchev–Trinajstić information content (AvgIpc) is 3.31. The van der Waals surface area contributed by atoms with Gasteiger partial charge in [0.25, 0.3) is 0 Å². The Labute approximate surface area is 345 Å². The number of nitrogens with zero attached hydrogens (tertiary/aromatic N) is 3. The number of rotatable bonds is 4. The molecule has 3 nitrogen and oxygen atoms in total. The smallest absolute Gasteiger partial charge is 0.329 e. The third-order valence-corrected chi connectivity index (χ3v) is 13.0. The molecule has 0 radical (unpaired) electrons. The summed E-state index contributed by atoms with van der Waals surface area (Å²) in [5, 5.41) is 0. The number of hydrogen-bond donors (Lipinski definition) is 0. The lowest BCUT2D eigenvalue weighted by atomic mass is 9.37. The van der Waals surface area contributed by atoms with Gasteiger partial charge in [-0.3, -0.25) is 0 Å². The second-order valence-corrected chi connectivity index (χ2v) is 16.0. The average molecular weight is 748 g/mol. The molecule has 9 aromatic rings. The number of fused-ring (bicyclic) bond motifs is 16. The van der Waals surface area contributed by atoms with Crippen molar-refractivity contribution in [3.05, 3.63) is 212 Å². The van der Waals surface area contributed by atoms with Crippen LogP contribution in [0.1, 0.15) is 0 Å². The fraction of sp³-hybridized carbons (Fsp3) is 0. The normalized spacial score (nSPS) is 13.3. The van der Waals surface area contributed by atoms with Crippen molar-refractivity contribution in [1.29, 1.82) is 0 Å². The van der Waals surface area contributed by atoms with Crippen LogP contribution < -0.4 is 36.4 Å². The Balaban J connectivity index is 1.04. The molecule has 0 aliphatic carbocycles. The number of benzene rings is 9. The second-order valence-electron chi connectivity index (χ2n) is 16.0. The van der Waals surface area contributed by atoms with Gasteiger partial charge >= 0.3 is 13.7 Å². The largest absolute Gasteiger partial charge is 0.376 e. The predicted molar refractivity (Wildman–Crippen MR) is 250 cm³/mol. The van der Waals surface area contributed by atoms with Gasteiger partial charge in [0, 0.05) is 56.5 Å². The first-order valence-corrected chi connectivity index (χ1v) is 20.6. The Bertz CT molecular complexity index is 3110. The van der Waals surface area contributed by atoms with E-state index in [-0.39, 0.29) is 13.7 Å². The highest BCUT2D eigenvalue weighted by atomic mass is 15.2. The first kappa shape index (κ1) is 32.6. The highest BCUT2D eigenvalue weighted by Gasteiger charge is 2.49. The molecule has 0 N–H and O–H groups in total. The maximum atomic E-state index is 2.64. The number of hydrogen-bond acceptors (Lipinski definition) is 3. The van der Waals surface area contributed by atoms with Crippen molar-refractivity contribution in [2.45, 2.75) is 0 Å². The molecule has 59 heavy (non-hydrogen) atoms. The van der Waals surface area contributed by atoms with Gasteiger partial charge in [-0.25, -0.2) is 0 Å². The fourth-order valence-corrected chi connectivity index (χ4v) is 10.6. The van der Waals surface area contributed by atoms with Gasteiger partial charge in [-0.05, 0) is 116 Å². The summed E-state index contributed by atoms with van der Waals surface area (Å²) in [7, 11) is 0. The van der Waals surface area contributed by atoms with Gasteiger partial charge in [0.05, 0.1) is 0 Å². The molecule has 5 heteroatoms. The van der Waals surface area contributed by atoms with Crippen LogP contribution in [0.3, 0.4) is 0 Å². The maximum absolute atomic E-state index is 2.64. The molecule has 13 rings (SSSR count). The van der Waals surface area contributed by atoms with Crippen molar-refractivity contribution < 1.29 is 0 Å². The van der Waals surface area contributed by atoms with Crippen molar-refractivity contribution in [3.8, 4) is 44.5 Å². The van der Waals surface area contributed by atoms with E-state index in [0.717, 1.165) is 17.1 Å². The predicted octanol–water partition coefficient (Wildman–Crippen LogP) is 11.0. The molecule has 0 aromatic heterocycles. The standard InChI is InChI=1S/C54H35B2N3/c1-4-16-36(17-5-1)37-30-32-46-43(34-37)42-23-11-13-27-49(42)58-51-28-15-29-52-54(51)53-47(25-14-26-48(53)56(46)58)55-45-24-12-10-22-41(45)44-35-40(31-33-50(44)59(52)55)57(38-18-6-2-7-19-38)39-20-8-3-9-21-39/h1-35H. The van der Waals surface area contributed by atoms with Crippen molar-refractivity contribution >= 4 is 75.4 Å². The van der Waals surface area contributed by atoms with Crippen LogP contribution in [0.4, 0.5) is 39.8 Å². The van der Waals surface area contributed by atoms with E-state index < -0.39 is 0 Å². The molecule has 0 unspecified atom stereocenters. The molecular formula is C54H35B2N3. The van der Waals surface area contributed by atoms with Gasteiger partial charge in [0.15, 0.2) is 0 Å². The van der Waals surface area contributed by atoms with Crippen LogP contribution in [0.25, 0.3) is 44.5 Å². The van der Waals surface area contributed by atoms with Gasteiger partial charge < -0.3 is 14.5 Å². The van der Waals surface area contributed by atoms with E-state index in [1.165, 1.54) is 89.1 Å². The number of para-hydroxylation sites is 3. The van der Waals surface area contributed by atoms with Gasteiger partial charge in [-0.1, -0.05) is 146 Å². The summed E-state index contributed by atoms with van der Waals surface area (Å²) < 4.78 is 0. The minimum atomic E-state index is 0.0175. The van der Waals surface area contributed by atoms with Crippen LogP contribution in [0, 0.1) is 0 Å². The van der Waals surface area contributed by atoms with Crippen LogP contribution >= 0.6 is 0 Å². The zero-order valence-corrected chi connectivity index (χ0v) is 32.2. The van der Waals surface area contributed by atoms with E-state index in [0.29, 0.717) is 0 Å². The quantitative estimate of drug-likeness (QED) is 0.166. The third kappa shape index (κ3) is 4.61. The highest BCUT2D eigenvalue weighted by Crippen LogP contribution is 2.54. The number of anilines is 7. The van der Waals surface area contributed by atoms with Gasteiger partial charge in [0.2, 0.25) is 0 Å². The van der Waals surface area contributed by atoms with Crippen molar-refractivity contribution in [2.75, 3.05) is 14.5 Å². The lowest BCUT2D eigenvalue weighted by molar-refractivity contribution is 1.27. The lowest BCUT2D eigenvalue weighted by Gasteiger charge is -2.49. The molecule has 0 saturated heterocycles. The molecule has 0 atom stereocenters. The van der Waals surface area contributed by atoms with Gasteiger partial charge in [0.1, 0.15) is 0 Å². The first-order valence-electron chi connectivity index (χ1n) is 20.6. The molecule has 0 fully saturated rings. The highest BCUT2D eigenvalue weighted by molar-refractivity contribution is 6.97. The van der Waals surface area contributed by atoms with Gasteiger partial charge in [-0.2, -0.15) is 0 Å². The topological polar surface area (TPSA) is 9.72 Å². The van der Waals surface area contributed by atoms with E-state index in [4.69, 9.17) is 0 Å². The summed E-state index contributed by atoms with van der Waals surface area (Å²) in [5.41, 5.74) is 24.1. The maximum Gasteiger partial charge on any atom is 0.329 e. The Morgan fingerprint density at radius 3 is 1.51 bits per heavy atom. The molecule has 272 valence electrons. The van der Waals surface area contributed by atoms with Crippen molar-refractivity contribution in [3.63, 3.8) is 0 Å². The monoisotopic (exact) mass is 747 g/mol. The van der Waals surface area contributed by atoms with E-state index in [1.54, 1.807) is 0 Å². The molecule has 0 bridgehead atoms. The van der Waals surface area contributed by atoms with Crippen LogP contribution in [0.2, 0.25) is 0 Å². The molecule has 4 aliphatic rings. The van der Waals surface area contributed by atoms with E-state index >= 15 is 0 Å². The zero-order chi connectivity index (χ0) is 38.6. The van der Waals surface area contributed by atoms with Crippen molar-refractivity contribution in [2.24, 2.45) is 0 Å². The third-order valence-electron chi connectivity index (χ3n) is 13.0. The lowest BCUT2D eigenvalue weighted by Crippen LogP contribution is -2.65. The molecule has 9 aromatic carbocycles. The Hall–Kier alpha value is -7.49. The van der Waals surface area contributed by atoms with Crippen molar-refractivity contribution in [1.82, 2.24) is 0 Å². The van der Waals surface area contributed by atoms with Crippen LogP contribution in [-0.4, -0.2) is 13.7 Å². The van der Waals surface area contributed by atoms with Gasteiger partial charge in [-0.15, -0.1) is 0 Å². The van der Waals surface area contributed by atoms with Crippen LogP contribution in [0.5, 0.6) is 0 Å². The molecule has 4 heterocycles. The molecule has 0 spiro atoms. The van der Waals surface area contributed by atoms with Crippen LogP contribution in [-0.2, 0) is 0 Å². The first-order chi connectivity index (χ1) is 29.3. The SMILES string of the molecule is c1ccc(-c2ccc3c(c2)-c2ccccc2N2B3c3cccc4c3-c3c2cccc3N2B4c3ccccc3-c3cc(N(c4ccccc4)c4ccccc4)ccc32)cc1. The zero-order valence-electron chi connectivity index (χ0n) is 32.2. The minimum absolute atomic E-state index is 0.0175. The second kappa shape index (κ2) is 12.5. The summed E-state index contributed by atoms with van der Waals surface area (Å²) in [6, 6.07) is 78.6. The molecule has 4 aliphatic heterocycles. The summed E-state index contributed by atoms with van der Waals surface area (Å²) in [6.07, 6.45) is 0. The summed E-state index contributed by atoms with van der Waals surface area (Å²) >= 11 is 0. The van der Waals surface area contributed by atoms with E-state index in [2.05, 4.69) is 227 Å². The Morgan fingerprint density at radius 1 is 0.288 bits per heavy atom. The van der Waals surface area contributed by atoms with E-state index in [1.807, 2.05) is 0 Å². The fourth-order valence-electron chi connectivity index (χ4n) is 10.6. The molecule has 0 saturated carbocycles. The Kier molecular flexibility index (Phi) is 6.90. The molecular weight excluding hydrogens is 712 g/mol. The summed E-state index contributed by atoms with van der Waals surface area (Å²) in [5.74, 6) is 0. The minimum Gasteiger partial charge on any atom is -0.376 e.